The molecule has 0 aliphatic carbocycles. The molecule has 1 unspecified atom stereocenters. The third-order valence-corrected chi connectivity index (χ3v) is 3.49. The summed E-state index contributed by atoms with van der Waals surface area (Å²) in [5.41, 5.74) is 0. The molecule has 0 aromatic heterocycles. The molecule has 0 radical (unpaired) electrons. The molecule has 17 heavy (non-hydrogen) atoms. The van der Waals surface area contributed by atoms with Crippen LogP contribution in [-0.2, 0) is 14.3 Å². The van der Waals surface area contributed by atoms with Gasteiger partial charge in [-0.05, 0) is 12.8 Å². The minimum absolute atomic E-state index is 0.0136. The molecule has 1 atom stereocenters. The van der Waals surface area contributed by atoms with Crippen molar-refractivity contribution in [3.05, 3.63) is 0 Å². The van der Waals surface area contributed by atoms with Gasteiger partial charge in [-0.2, -0.15) is 0 Å². The topological polar surface area (TPSA) is 49.9 Å². The fourth-order valence-electron chi connectivity index (χ4n) is 2.24. The first-order valence-corrected chi connectivity index (χ1v) is 6.50. The number of hydrogen-bond acceptors (Lipinski definition) is 3. The predicted octanol–water partition coefficient (Wildman–Crippen LogP) is 0.0750. The molecule has 2 amide bonds. The van der Waals surface area contributed by atoms with Gasteiger partial charge < -0.3 is 14.5 Å². The van der Waals surface area contributed by atoms with Crippen LogP contribution in [0.25, 0.3) is 0 Å². The van der Waals surface area contributed by atoms with Crippen LogP contribution < -0.4 is 0 Å². The fraction of sp³-hybridized carbons (Fsp3) is 0.818. The number of nitrogens with zero attached hydrogens (tertiary/aromatic N) is 2. The highest BCUT2D eigenvalue weighted by Crippen LogP contribution is 2.16. The normalized spacial score (nSPS) is 25.1. The van der Waals surface area contributed by atoms with Gasteiger partial charge in [-0.25, -0.2) is 0 Å². The number of piperazine rings is 1. The van der Waals surface area contributed by atoms with Crippen molar-refractivity contribution < 1.29 is 14.3 Å². The third-order valence-electron chi connectivity index (χ3n) is 3.26. The molecule has 2 saturated heterocycles. The van der Waals surface area contributed by atoms with Crippen LogP contribution in [0.4, 0.5) is 0 Å². The van der Waals surface area contributed by atoms with Gasteiger partial charge in [0.05, 0.1) is 0 Å². The Morgan fingerprint density at radius 1 is 1.18 bits per heavy atom. The highest BCUT2D eigenvalue weighted by atomic mass is 35.5. The number of ether oxygens (including phenoxy) is 1. The van der Waals surface area contributed by atoms with E-state index in [9.17, 15) is 9.59 Å². The standard InChI is InChI=1S/C11H17ClN2O3/c12-8-10(15)13-3-5-14(6-4-13)11(16)9-2-1-7-17-9/h9H,1-8H2. The summed E-state index contributed by atoms with van der Waals surface area (Å²) in [6.07, 6.45) is 1.52. The second-order valence-electron chi connectivity index (χ2n) is 4.34. The summed E-state index contributed by atoms with van der Waals surface area (Å²) >= 11 is 5.50. The zero-order valence-corrected chi connectivity index (χ0v) is 10.5. The number of carbonyl (C=O) groups excluding carboxylic acids is 2. The second-order valence-corrected chi connectivity index (χ2v) is 4.61. The number of rotatable bonds is 2. The van der Waals surface area contributed by atoms with Crippen molar-refractivity contribution >= 4 is 23.4 Å². The molecule has 0 N–H and O–H groups in total. The van der Waals surface area contributed by atoms with Crippen LogP contribution >= 0.6 is 11.6 Å². The first-order valence-electron chi connectivity index (χ1n) is 5.96. The van der Waals surface area contributed by atoms with Crippen molar-refractivity contribution in [1.82, 2.24) is 9.80 Å². The van der Waals surface area contributed by atoms with Crippen LogP contribution in [0.3, 0.4) is 0 Å². The molecule has 0 spiro atoms. The van der Waals surface area contributed by atoms with Gasteiger partial charge in [0.2, 0.25) is 5.91 Å². The Balaban J connectivity index is 1.82. The molecule has 96 valence electrons. The molecule has 0 aromatic rings. The Kier molecular flexibility index (Phi) is 4.23. The van der Waals surface area contributed by atoms with E-state index in [2.05, 4.69) is 0 Å². The van der Waals surface area contributed by atoms with Crippen molar-refractivity contribution in [2.24, 2.45) is 0 Å². The van der Waals surface area contributed by atoms with E-state index in [0.717, 1.165) is 12.8 Å². The summed E-state index contributed by atoms with van der Waals surface area (Å²) in [4.78, 5) is 26.9. The van der Waals surface area contributed by atoms with Crippen LogP contribution in [0.2, 0.25) is 0 Å². The maximum absolute atomic E-state index is 12.0. The number of halogens is 1. The van der Waals surface area contributed by atoms with E-state index in [1.54, 1.807) is 9.80 Å². The highest BCUT2D eigenvalue weighted by molar-refractivity contribution is 6.27. The van der Waals surface area contributed by atoms with Gasteiger partial charge in [0.15, 0.2) is 0 Å². The summed E-state index contributed by atoms with van der Waals surface area (Å²) in [6.45, 7) is 3.00. The molecular formula is C11H17ClN2O3. The van der Waals surface area contributed by atoms with Gasteiger partial charge in [0.1, 0.15) is 12.0 Å². The van der Waals surface area contributed by atoms with Crippen LogP contribution in [-0.4, -0.2) is 66.4 Å². The second kappa shape index (κ2) is 5.69. The minimum Gasteiger partial charge on any atom is -0.368 e. The van der Waals surface area contributed by atoms with Crippen LogP contribution in [0.15, 0.2) is 0 Å². The van der Waals surface area contributed by atoms with Gasteiger partial charge in [0, 0.05) is 32.8 Å². The molecule has 2 rings (SSSR count). The van der Waals surface area contributed by atoms with E-state index in [0.29, 0.717) is 32.8 Å². The van der Waals surface area contributed by atoms with E-state index in [1.807, 2.05) is 0 Å². The lowest BCUT2D eigenvalue weighted by molar-refractivity contribution is -0.145. The summed E-state index contributed by atoms with van der Waals surface area (Å²) in [6, 6.07) is 0. The van der Waals surface area contributed by atoms with Gasteiger partial charge >= 0.3 is 0 Å². The fourth-order valence-corrected chi connectivity index (χ4v) is 2.41. The Labute approximate surface area is 106 Å². The van der Waals surface area contributed by atoms with Gasteiger partial charge in [-0.1, -0.05) is 0 Å². The zero-order chi connectivity index (χ0) is 12.3. The van der Waals surface area contributed by atoms with Gasteiger partial charge in [-0.15, -0.1) is 11.6 Å². The zero-order valence-electron chi connectivity index (χ0n) is 9.73. The quantitative estimate of drug-likeness (QED) is 0.661. The Morgan fingerprint density at radius 2 is 1.82 bits per heavy atom. The highest BCUT2D eigenvalue weighted by Gasteiger charge is 2.30. The molecule has 5 nitrogen and oxygen atoms in total. The molecule has 2 aliphatic heterocycles. The smallest absolute Gasteiger partial charge is 0.251 e. The number of hydrogen-bond donors (Lipinski definition) is 0. The molecule has 0 saturated carbocycles. The van der Waals surface area contributed by atoms with Gasteiger partial charge in [0.25, 0.3) is 5.91 Å². The molecule has 0 bridgehead atoms. The molecule has 2 aliphatic rings. The first kappa shape index (κ1) is 12.6. The summed E-state index contributed by atoms with van der Waals surface area (Å²) < 4.78 is 5.37. The summed E-state index contributed by atoms with van der Waals surface area (Å²) in [7, 11) is 0. The number of carbonyl (C=O) groups is 2. The minimum atomic E-state index is -0.259. The van der Waals surface area contributed by atoms with Crippen molar-refractivity contribution in [2.45, 2.75) is 18.9 Å². The SMILES string of the molecule is O=C(CCl)N1CCN(C(=O)C2CCCO2)CC1. The Morgan fingerprint density at radius 3 is 2.35 bits per heavy atom. The predicted molar refractivity (Wildman–Crippen MR) is 62.9 cm³/mol. The Bertz CT molecular complexity index is 297. The Hall–Kier alpha value is -0.810. The largest absolute Gasteiger partial charge is 0.368 e. The lowest BCUT2D eigenvalue weighted by Crippen LogP contribution is -2.53. The van der Waals surface area contributed by atoms with E-state index in [4.69, 9.17) is 16.3 Å². The molecule has 2 heterocycles. The molecule has 2 fully saturated rings. The maximum atomic E-state index is 12.0. The van der Waals surface area contributed by atoms with Crippen molar-refractivity contribution in [3.8, 4) is 0 Å². The van der Waals surface area contributed by atoms with E-state index in [-0.39, 0.29) is 23.8 Å². The monoisotopic (exact) mass is 260 g/mol. The van der Waals surface area contributed by atoms with E-state index < -0.39 is 0 Å². The van der Waals surface area contributed by atoms with Crippen LogP contribution in [0.1, 0.15) is 12.8 Å². The molecule has 0 aromatic carbocycles. The number of amides is 2. The first-order chi connectivity index (χ1) is 8.22. The number of alkyl halides is 1. The van der Waals surface area contributed by atoms with Crippen LogP contribution in [0.5, 0.6) is 0 Å². The third kappa shape index (κ3) is 2.90. The molecule has 6 heteroatoms. The molecular weight excluding hydrogens is 244 g/mol. The summed E-state index contributed by atoms with van der Waals surface area (Å²) in [5.74, 6) is 0.0241. The van der Waals surface area contributed by atoms with E-state index in [1.165, 1.54) is 0 Å². The summed E-state index contributed by atoms with van der Waals surface area (Å²) in [5, 5.41) is 0. The van der Waals surface area contributed by atoms with Gasteiger partial charge in [-0.3, -0.25) is 9.59 Å². The average molecular weight is 261 g/mol. The van der Waals surface area contributed by atoms with Crippen molar-refractivity contribution in [3.63, 3.8) is 0 Å². The maximum Gasteiger partial charge on any atom is 0.251 e. The lowest BCUT2D eigenvalue weighted by Gasteiger charge is -2.35. The lowest BCUT2D eigenvalue weighted by atomic mass is 10.2. The van der Waals surface area contributed by atoms with Crippen molar-refractivity contribution in [2.75, 3.05) is 38.7 Å². The van der Waals surface area contributed by atoms with Crippen molar-refractivity contribution in [1.29, 1.82) is 0 Å². The van der Waals surface area contributed by atoms with E-state index >= 15 is 0 Å². The van der Waals surface area contributed by atoms with Crippen LogP contribution in [0, 0.1) is 0 Å². The average Bonchev–Trinajstić information content (AvgIpc) is 2.91.